The first-order valence-corrected chi connectivity index (χ1v) is 11.0. The molecular formula is C22H23ClN6O3. The molecule has 5 rings (SSSR count). The van der Waals surface area contributed by atoms with Gasteiger partial charge >= 0.3 is 0 Å². The molecule has 32 heavy (non-hydrogen) atoms. The van der Waals surface area contributed by atoms with Crippen molar-refractivity contribution >= 4 is 23.5 Å². The Morgan fingerprint density at radius 2 is 1.97 bits per heavy atom. The molecule has 1 amide bonds. The third-order valence-electron chi connectivity index (χ3n) is 5.41. The maximum Gasteiger partial charge on any atom is 0.254 e. The summed E-state index contributed by atoms with van der Waals surface area (Å²) in [6, 6.07) is 7.57. The van der Waals surface area contributed by atoms with E-state index in [4.69, 9.17) is 21.1 Å². The fourth-order valence-corrected chi connectivity index (χ4v) is 3.68. The van der Waals surface area contributed by atoms with E-state index in [1.54, 1.807) is 41.6 Å². The third kappa shape index (κ3) is 4.68. The molecule has 1 saturated carbocycles. The molecule has 0 unspecified atom stereocenters. The Hall–Kier alpha value is -3.17. The number of benzene rings is 1. The average Bonchev–Trinajstić information content (AvgIpc) is 3.57. The molecule has 2 aromatic heterocycles. The van der Waals surface area contributed by atoms with E-state index in [0.29, 0.717) is 60.3 Å². The van der Waals surface area contributed by atoms with Gasteiger partial charge in [-0.1, -0.05) is 11.6 Å². The quantitative estimate of drug-likeness (QED) is 0.547. The summed E-state index contributed by atoms with van der Waals surface area (Å²) in [6.07, 6.45) is 7.61. The summed E-state index contributed by atoms with van der Waals surface area (Å²) < 4.78 is 13.0. The molecule has 2 fully saturated rings. The zero-order valence-electron chi connectivity index (χ0n) is 17.4. The summed E-state index contributed by atoms with van der Waals surface area (Å²) >= 11 is 6.30. The number of aromatic nitrogens is 4. The van der Waals surface area contributed by atoms with Crippen molar-refractivity contribution in [3.05, 3.63) is 53.4 Å². The van der Waals surface area contributed by atoms with Gasteiger partial charge in [-0.15, -0.1) is 0 Å². The summed E-state index contributed by atoms with van der Waals surface area (Å²) in [5.41, 5.74) is 2.11. The molecule has 0 spiro atoms. The molecule has 3 heterocycles. The van der Waals surface area contributed by atoms with E-state index in [1.165, 1.54) is 0 Å². The molecule has 166 valence electrons. The maximum absolute atomic E-state index is 12.5. The second-order valence-electron chi connectivity index (χ2n) is 7.72. The van der Waals surface area contributed by atoms with Gasteiger partial charge in [-0.3, -0.25) is 9.48 Å². The van der Waals surface area contributed by atoms with Gasteiger partial charge in [0.1, 0.15) is 5.75 Å². The van der Waals surface area contributed by atoms with Gasteiger partial charge in [0.05, 0.1) is 42.4 Å². The number of carbonyl (C=O) groups is 1. The highest BCUT2D eigenvalue weighted by Crippen LogP contribution is 2.35. The Labute approximate surface area is 190 Å². The first-order chi connectivity index (χ1) is 15.7. The first kappa shape index (κ1) is 20.7. The van der Waals surface area contributed by atoms with E-state index in [-0.39, 0.29) is 12.6 Å². The fraction of sp³-hybridized carbons (Fsp3) is 0.364. The maximum atomic E-state index is 12.5. The zero-order chi connectivity index (χ0) is 21.9. The number of anilines is 1. The normalized spacial score (nSPS) is 16.1. The fourth-order valence-electron chi connectivity index (χ4n) is 3.48. The topological polar surface area (TPSA) is 94.4 Å². The van der Waals surface area contributed by atoms with E-state index >= 15 is 0 Å². The van der Waals surface area contributed by atoms with E-state index in [9.17, 15) is 4.79 Å². The third-order valence-corrected chi connectivity index (χ3v) is 5.69. The molecule has 1 saturated heterocycles. The number of amides is 1. The number of ether oxygens (including phenoxy) is 2. The standard InChI is InChI=1S/C22H23ClN6O3/c23-19-12-24-22(27-20(19)16-11-26-29(13-16)17-3-4-17)25-14-32-18-5-1-15(2-6-18)21(30)28-7-9-31-10-8-28/h1-2,5-6,11-13,17H,3-4,7-10,14H2,(H,24,25,27). The van der Waals surface area contributed by atoms with Crippen LogP contribution in [0.1, 0.15) is 29.2 Å². The molecule has 2 aliphatic rings. The van der Waals surface area contributed by atoms with Crippen molar-refractivity contribution in [2.45, 2.75) is 18.9 Å². The number of morpholine rings is 1. The van der Waals surface area contributed by atoms with E-state index < -0.39 is 0 Å². The van der Waals surface area contributed by atoms with Crippen molar-refractivity contribution in [3.8, 4) is 17.0 Å². The number of carbonyl (C=O) groups excluding carboxylic acids is 1. The van der Waals surface area contributed by atoms with Gasteiger partial charge in [0.25, 0.3) is 5.91 Å². The number of nitrogens with one attached hydrogen (secondary N) is 1. The summed E-state index contributed by atoms with van der Waals surface area (Å²) in [5, 5.41) is 7.90. The monoisotopic (exact) mass is 454 g/mol. The van der Waals surface area contributed by atoms with Crippen LogP contribution in [0, 0.1) is 0 Å². The lowest BCUT2D eigenvalue weighted by atomic mass is 10.2. The lowest BCUT2D eigenvalue weighted by Crippen LogP contribution is -2.40. The van der Waals surface area contributed by atoms with Crippen molar-refractivity contribution in [1.29, 1.82) is 0 Å². The van der Waals surface area contributed by atoms with Gasteiger partial charge in [-0.05, 0) is 37.1 Å². The highest BCUT2D eigenvalue weighted by Gasteiger charge is 2.25. The van der Waals surface area contributed by atoms with Crippen LogP contribution in [0.2, 0.25) is 5.02 Å². The minimum Gasteiger partial charge on any atom is -0.473 e. The average molecular weight is 455 g/mol. The number of halogens is 1. The molecule has 0 bridgehead atoms. The highest BCUT2D eigenvalue weighted by atomic mass is 35.5. The highest BCUT2D eigenvalue weighted by molar-refractivity contribution is 6.32. The predicted octanol–water partition coefficient (Wildman–Crippen LogP) is 3.25. The molecule has 3 aromatic rings. The second-order valence-corrected chi connectivity index (χ2v) is 8.13. The van der Waals surface area contributed by atoms with Crippen LogP contribution in [0.25, 0.3) is 11.3 Å². The van der Waals surface area contributed by atoms with Crippen LogP contribution in [-0.2, 0) is 4.74 Å². The molecule has 1 aliphatic heterocycles. The van der Waals surface area contributed by atoms with Crippen LogP contribution in [0.15, 0.2) is 42.9 Å². The molecule has 10 heteroatoms. The van der Waals surface area contributed by atoms with Crippen molar-refractivity contribution in [3.63, 3.8) is 0 Å². The Morgan fingerprint density at radius 1 is 1.19 bits per heavy atom. The van der Waals surface area contributed by atoms with E-state index in [1.807, 2.05) is 10.9 Å². The van der Waals surface area contributed by atoms with Gasteiger partial charge < -0.3 is 19.7 Å². The van der Waals surface area contributed by atoms with Crippen molar-refractivity contribution in [1.82, 2.24) is 24.6 Å². The van der Waals surface area contributed by atoms with Gasteiger partial charge in [0.2, 0.25) is 5.95 Å². The molecular weight excluding hydrogens is 432 g/mol. The summed E-state index contributed by atoms with van der Waals surface area (Å²) in [7, 11) is 0. The summed E-state index contributed by atoms with van der Waals surface area (Å²) in [5.74, 6) is 1.05. The number of hydrogen-bond acceptors (Lipinski definition) is 7. The second kappa shape index (κ2) is 9.13. The van der Waals surface area contributed by atoms with Crippen LogP contribution in [-0.4, -0.2) is 63.6 Å². The van der Waals surface area contributed by atoms with Crippen LogP contribution in [0.5, 0.6) is 5.75 Å². The molecule has 1 N–H and O–H groups in total. The van der Waals surface area contributed by atoms with Crippen LogP contribution in [0.3, 0.4) is 0 Å². The first-order valence-electron chi connectivity index (χ1n) is 10.6. The van der Waals surface area contributed by atoms with E-state index in [0.717, 1.165) is 18.4 Å². The molecule has 9 nitrogen and oxygen atoms in total. The largest absolute Gasteiger partial charge is 0.473 e. The number of nitrogens with zero attached hydrogens (tertiary/aromatic N) is 5. The minimum absolute atomic E-state index is 0.00470. The molecule has 1 aromatic carbocycles. The number of rotatable bonds is 7. The van der Waals surface area contributed by atoms with Crippen molar-refractivity contribution < 1.29 is 14.3 Å². The Morgan fingerprint density at radius 3 is 2.72 bits per heavy atom. The Balaban J connectivity index is 1.17. The Kier molecular flexibility index (Phi) is 5.91. The van der Waals surface area contributed by atoms with E-state index in [2.05, 4.69) is 20.4 Å². The van der Waals surface area contributed by atoms with Crippen molar-refractivity contribution in [2.24, 2.45) is 0 Å². The summed E-state index contributed by atoms with van der Waals surface area (Å²) in [6.45, 7) is 2.56. The SMILES string of the molecule is O=C(c1ccc(OCNc2ncc(Cl)c(-c3cnn(C4CC4)c3)n2)cc1)N1CCOCC1. The van der Waals surface area contributed by atoms with Crippen molar-refractivity contribution in [2.75, 3.05) is 38.4 Å². The predicted molar refractivity (Wildman–Crippen MR) is 119 cm³/mol. The van der Waals surface area contributed by atoms with Crippen LogP contribution < -0.4 is 10.1 Å². The van der Waals surface area contributed by atoms with Gasteiger partial charge in [0.15, 0.2) is 6.73 Å². The lowest BCUT2D eigenvalue weighted by molar-refractivity contribution is 0.0303. The summed E-state index contributed by atoms with van der Waals surface area (Å²) in [4.78, 5) is 23.0. The molecule has 1 aliphatic carbocycles. The van der Waals surface area contributed by atoms with Crippen LogP contribution >= 0.6 is 11.6 Å². The van der Waals surface area contributed by atoms with Gasteiger partial charge in [-0.25, -0.2) is 9.97 Å². The smallest absolute Gasteiger partial charge is 0.254 e. The molecule has 0 radical (unpaired) electrons. The molecule has 0 atom stereocenters. The Bertz CT molecular complexity index is 1090. The zero-order valence-corrected chi connectivity index (χ0v) is 18.2. The van der Waals surface area contributed by atoms with Gasteiger partial charge in [-0.2, -0.15) is 5.10 Å². The van der Waals surface area contributed by atoms with Crippen LogP contribution in [0.4, 0.5) is 5.95 Å². The number of hydrogen-bond donors (Lipinski definition) is 1. The van der Waals surface area contributed by atoms with Gasteiger partial charge in [0, 0.05) is 30.4 Å². The minimum atomic E-state index is 0.00470. The lowest BCUT2D eigenvalue weighted by Gasteiger charge is -2.26.